The Kier molecular flexibility index (Phi) is 10.1. The Bertz CT molecular complexity index is 1530. The minimum Gasteiger partial charge on any atom is -0.497 e. The zero-order valence-corrected chi connectivity index (χ0v) is 23.9. The van der Waals surface area contributed by atoms with E-state index in [1.54, 1.807) is 24.3 Å². The fourth-order valence-electron chi connectivity index (χ4n) is 4.47. The van der Waals surface area contributed by atoms with Crippen LogP contribution in [-0.2, 0) is 44.4 Å². The third kappa shape index (κ3) is 7.86. The highest BCUT2D eigenvalue weighted by atomic mass is 19.4. The first kappa shape index (κ1) is 34.7. The summed E-state index contributed by atoms with van der Waals surface area (Å²) >= 11 is 0. The molecule has 1 atom stereocenters. The molecular weight excluding hydrogens is 615 g/mol. The second kappa shape index (κ2) is 13.1. The average Bonchev–Trinajstić information content (AvgIpc) is 3.21. The first-order chi connectivity index (χ1) is 20.9. The van der Waals surface area contributed by atoms with Gasteiger partial charge in [0.05, 0.1) is 37.0 Å². The van der Waals surface area contributed by atoms with Gasteiger partial charge >= 0.3 is 18.4 Å². The first-order valence-corrected chi connectivity index (χ1v) is 12.9. The average molecular weight is 642 g/mol. The number of rotatable bonds is 8. The summed E-state index contributed by atoms with van der Waals surface area (Å²) in [5.41, 5.74) is -6.67. The molecule has 0 spiro atoms. The van der Waals surface area contributed by atoms with Crippen LogP contribution in [0.2, 0.25) is 0 Å². The van der Waals surface area contributed by atoms with Gasteiger partial charge in [0.1, 0.15) is 11.6 Å². The zero-order chi connectivity index (χ0) is 33.8. The number of urea groups is 1. The van der Waals surface area contributed by atoms with E-state index in [2.05, 4.69) is 5.32 Å². The highest BCUT2D eigenvalue weighted by molar-refractivity contribution is 6.07. The molecule has 0 unspecified atom stereocenters. The summed E-state index contributed by atoms with van der Waals surface area (Å²) in [5.74, 6) is -0.924. The van der Waals surface area contributed by atoms with Crippen molar-refractivity contribution in [2.75, 3.05) is 13.7 Å². The Balaban J connectivity index is 0.00000177. The fraction of sp³-hybridized carbons (Fsp3) is 0.300. The second-order valence-electron chi connectivity index (χ2n) is 10.3. The number of isocyanates is 1. The van der Waals surface area contributed by atoms with Crippen LogP contribution < -0.4 is 10.1 Å². The number of hydrogen-bond acceptors (Lipinski definition) is 6. The van der Waals surface area contributed by atoms with Crippen molar-refractivity contribution in [3.8, 4) is 5.75 Å². The van der Waals surface area contributed by atoms with E-state index in [4.69, 9.17) is 19.7 Å². The molecule has 3 aromatic carbocycles. The van der Waals surface area contributed by atoms with Crippen molar-refractivity contribution in [1.82, 2.24) is 10.2 Å². The van der Waals surface area contributed by atoms with Crippen LogP contribution in [0.25, 0.3) is 0 Å². The standard InChI is InChI=1S/C29H25F7N2O4.CHNO/c1-26(2,19-12-20(28(31,32)33)14-21(13-19)29(34,35)36)42-16-27(18-6-8-22(30)9-7-18)24(39)38(25(40)37-27)15-17-4-10-23(41-3)11-5-17;2-1-3/h4-14H,15-16H2,1-3H3,(H,37,40);2H/t27-;/m1./s1. The van der Waals surface area contributed by atoms with E-state index in [1.807, 2.05) is 0 Å². The number of carbonyl (C=O) groups excluding carboxylic acids is 3. The van der Waals surface area contributed by atoms with Gasteiger partial charge in [-0.15, -0.1) is 0 Å². The third-order valence-corrected chi connectivity index (χ3v) is 6.94. The summed E-state index contributed by atoms with van der Waals surface area (Å²) in [5, 5.41) is 7.95. The second-order valence-corrected chi connectivity index (χ2v) is 10.3. The number of benzene rings is 3. The third-order valence-electron chi connectivity index (χ3n) is 6.94. The van der Waals surface area contributed by atoms with Crippen LogP contribution in [0.15, 0.2) is 66.7 Å². The predicted octanol–water partition coefficient (Wildman–Crippen LogP) is 6.67. The van der Waals surface area contributed by atoms with E-state index >= 15 is 0 Å². The van der Waals surface area contributed by atoms with Gasteiger partial charge in [0.15, 0.2) is 5.54 Å². The summed E-state index contributed by atoms with van der Waals surface area (Å²) in [6.07, 6.45) is -9.42. The van der Waals surface area contributed by atoms with E-state index in [9.17, 15) is 40.3 Å². The van der Waals surface area contributed by atoms with Gasteiger partial charge in [0.25, 0.3) is 5.91 Å². The number of nitrogens with zero attached hydrogens (tertiary/aromatic N) is 1. The molecule has 3 aromatic rings. The van der Waals surface area contributed by atoms with Gasteiger partial charge in [-0.2, -0.15) is 26.3 Å². The summed E-state index contributed by atoms with van der Waals surface area (Å²) in [6.45, 7) is 1.59. The molecule has 1 heterocycles. The van der Waals surface area contributed by atoms with Crippen molar-refractivity contribution >= 4 is 18.0 Å². The lowest BCUT2D eigenvalue weighted by atomic mass is 9.89. The van der Waals surface area contributed by atoms with E-state index in [0.717, 1.165) is 23.1 Å². The molecule has 1 aliphatic heterocycles. The molecular formula is C30H26F7N3O5. The van der Waals surface area contributed by atoms with E-state index in [-0.39, 0.29) is 18.2 Å². The Hall–Kier alpha value is -4.75. The number of halogens is 7. The van der Waals surface area contributed by atoms with Crippen molar-refractivity contribution < 1.29 is 54.6 Å². The number of hydrogen-bond donors (Lipinski definition) is 2. The summed E-state index contributed by atoms with van der Waals surface area (Å²) in [6, 6.07) is 11.3. The normalized spacial score (nSPS) is 16.9. The highest BCUT2D eigenvalue weighted by Crippen LogP contribution is 2.40. The van der Waals surface area contributed by atoms with E-state index in [1.165, 1.54) is 33.1 Å². The lowest BCUT2D eigenvalue weighted by Crippen LogP contribution is -2.49. The van der Waals surface area contributed by atoms with Crippen LogP contribution in [0, 0.1) is 11.2 Å². The molecule has 0 radical (unpaired) electrons. The number of carbonyl (C=O) groups is 2. The van der Waals surface area contributed by atoms with Gasteiger partial charge in [-0.05, 0) is 73.0 Å². The van der Waals surface area contributed by atoms with Crippen molar-refractivity contribution in [1.29, 1.82) is 5.41 Å². The van der Waals surface area contributed by atoms with E-state index in [0.29, 0.717) is 23.4 Å². The molecule has 45 heavy (non-hydrogen) atoms. The van der Waals surface area contributed by atoms with Gasteiger partial charge in [0, 0.05) is 0 Å². The first-order valence-electron chi connectivity index (χ1n) is 12.9. The van der Waals surface area contributed by atoms with Gasteiger partial charge in [0.2, 0.25) is 6.08 Å². The molecule has 240 valence electrons. The number of imide groups is 1. The molecule has 1 saturated heterocycles. The Morgan fingerprint density at radius 1 is 0.867 bits per heavy atom. The Morgan fingerprint density at radius 3 is 1.82 bits per heavy atom. The van der Waals surface area contributed by atoms with Gasteiger partial charge < -0.3 is 14.8 Å². The lowest BCUT2D eigenvalue weighted by molar-refractivity contribution is -0.143. The Labute approximate surface area is 252 Å². The van der Waals surface area contributed by atoms with Crippen LogP contribution in [-0.4, -0.2) is 36.6 Å². The summed E-state index contributed by atoms with van der Waals surface area (Å²) in [7, 11) is 1.47. The maximum atomic E-state index is 13.8. The number of alkyl halides is 6. The minimum atomic E-state index is -5.08. The number of amides is 3. The summed E-state index contributed by atoms with van der Waals surface area (Å²) in [4.78, 5) is 36.1. The van der Waals surface area contributed by atoms with Crippen molar-refractivity contribution in [3.63, 3.8) is 0 Å². The largest absolute Gasteiger partial charge is 0.497 e. The number of ether oxygens (including phenoxy) is 2. The molecule has 1 fully saturated rings. The van der Waals surface area contributed by atoms with Crippen LogP contribution in [0.4, 0.5) is 35.5 Å². The van der Waals surface area contributed by atoms with Crippen LogP contribution in [0.5, 0.6) is 5.75 Å². The van der Waals surface area contributed by atoms with Gasteiger partial charge in [-0.25, -0.2) is 19.4 Å². The van der Waals surface area contributed by atoms with Gasteiger partial charge in [-0.1, -0.05) is 24.3 Å². The zero-order valence-electron chi connectivity index (χ0n) is 23.9. The van der Waals surface area contributed by atoms with Crippen LogP contribution in [0.1, 0.15) is 41.7 Å². The molecule has 15 heteroatoms. The van der Waals surface area contributed by atoms with Crippen molar-refractivity contribution in [2.24, 2.45) is 0 Å². The predicted molar refractivity (Wildman–Crippen MR) is 144 cm³/mol. The van der Waals surface area contributed by atoms with Crippen molar-refractivity contribution in [3.05, 3.63) is 100 Å². The number of nitrogens with one attached hydrogen (secondary N) is 2. The lowest BCUT2D eigenvalue weighted by Gasteiger charge is -2.34. The van der Waals surface area contributed by atoms with Crippen LogP contribution in [0.3, 0.4) is 0 Å². The molecule has 3 amide bonds. The van der Waals surface area contributed by atoms with Crippen molar-refractivity contribution in [2.45, 2.75) is 43.9 Å². The summed E-state index contributed by atoms with van der Waals surface area (Å²) < 4.78 is 106. The minimum absolute atomic E-state index is 0.00263. The molecule has 0 aromatic heterocycles. The molecule has 0 aliphatic carbocycles. The Morgan fingerprint density at radius 2 is 1.36 bits per heavy atom. The quantitative estimate of drug-likeness (QED) is 0.124. The smallest absolute Gasteiger partial charge is 0.416 e. The molecule has 4 rings (SSSR count). The van der Waals surface area contributed by atoms with E-state index < -0.39 is 64.5 Å². The van der Waals surface area contributed by atoms with Crippen LogP contribution >= 0.6 is 0 Å². The maximum Gasteiger partial charge on any atom is 0.416 e. The fourth-order valence-corrected chi connectivity index (χ4v) is 4.47. The molecule has 0 bridgehead atoms. The molecule has 0 saturated carbocycles. The molecule has 2 N–H and O–H groups in total. The number of methoxy groups -OCH3 is 1. The topological polar surface area (TPSA) is 109 Å². The highest BCUT2D eigenvalue weighted by Gasteiger charge is 2.53. The molecule has 1 aliphatic rings. The van der Waals surface area contributed by atoms with Gasteiger partial charge in [-0.3, -0.25) is 9.69 Å². The SMILES string of the molecule is COc1ccc(CN2C(=O)N[C@](COC(C)(C)c3cc(C(F)(F)F)cc(C(F)(F)F)c3)(c3ccc(F)cc3)C2=O)cc1.N=C=O. The maximum absolute atomic E-state index is 13.8. The molecule has 8 nitrogen and oxygen atoms in total. The monoisotopic (exact) mass is 641 g/mol.